The lowest BCUT2D eigenvalue weighted by molar-refractivity contribution is -0.139. The Labute approximate surface area is 132 Å². The summed E-state index contributed by atoms with van der Waals surface area (Å²) in [6.45, 7) is 0. The summed E-state index contributed by atoms with van der Waals surface area (Å²) in [5, 5.41) is 12.9. The third-order valence-electron chi connectivity index (χ3n) is 3.63. The largest absolute Gasteiger partial charge is 0.480 e. The van der Waals surface area contributed by atoms with Crippen molar-refractivity contribution >= 4 is 22.8 Å². The highest BCUT2D eigenvalue weighted by Crippen LogP contribution is 2.19. The average molecular weight is 309 g/mol. The number of aromatic amines is 1. The van der Waals surface area contributed by atoms with Gasteiger partial charge in [-0.05, 0) is 23.8 Å². The van der Waals surface area contributed by atoms with Gasteiger partial charge in [-0.1, -0.05) is 18.2 Å². The summed E-state index contributed by atoms with van der Waals surface area (Å²) in [5.74, 6) is -1.53. The molecule has 6 heteroatoms. The molecule has 23 heavy (non-hydrogen) atoms. The number of rotatable bonds is 5. The predicted molar refractivity (Wildman–Crippen MR) is 85.1 cm³/mol. The van der Waals surface area contributed by atoms with Gasteiger partial charge in [-0.2, -0.15) is 0 Å². The van der Waals surface area contributed by atoms with E-state index in [9.17, 15) is 14.7 Å². The molecule has 0 unspecified atom stereocenters. The second-order valence-corrected chi connectivity index (χ2v) is 5.17. The molecule has 0 spiro atoms. The second kappa shape index (κ2) is 6.31. The molecule has 0 radical (unpaired) electrons. The second-order valence-electron chi connectivity index (χ2n) is 5.17. The van der Waals surface area contributed by atoms with Gasteiger partial charge in [0.15, 0.2) is 0 Å². The van der Waals surface area contributed by atoms with Gasteiger partial charge in [0.25, 0.3) is 5.91 Å². The lowest BCUT2D eigenvalue weighted by Crippen LogP contribution is -2.42. The van der Waals surface area contributed by atoms with E-state index in [1.165, 1.54) is 6.20 Å². The number of benzene rings is 1. The van der Waals surface area contributed by atoms with Gasteiger partial charge in [-0.3, -0.25) is 9.78 Å². The van der Waals surface area contributed by atoms with Crippen molar-refractivity contribution in [3.05, 3.63) is 66.1 Å². The number of fused-ring (bicyclic) bond motifs is 1. The molecule has 0 fully saturated rings. The summed E-state index contributed by atoms with van der Waals surface area (Å²) in [6, 6.07) is 9.84. The Bertz CT molecular complexity index is 842. The van der Waals surface area contributed by atoms with Gasteiger partial charge in [-0.25, -0.2) is 4.79 Å². The van der Waals surface area contributed by atoms with E-state index in [0.717, 1.165) is 16.5 Å². The van der Waals surface area contributed by atoms with E-state index in [0.29, 0.717) is 5.56 Å². The summed E-state index contributed by atoms with van der Waals surface area (Å²) < 4.78 is 0. The number of amides is 1. The molecule has 6 nitrogen and oxygen atoms in total. The van der Waals surface area contributed by atoms with E-state index >= 15 is 0 Å². The molecule has 0 saturated carbocycles. The topological polar surface area (TPSA) is 95.1 Å². The molecular formula is C17H15N3O3. The van der Waals surface area contributed by atoms with Gasteiger partial charge in [0.1, 0.15) is 6.04 Å². The summed E-state index contributed by atoms with van der Waals surface area (Å²) in [6.07, 6.45) is 4.93. The molecule has 1 amide bonds. The molecule has 3 rings (SSSR count). The van der Waals surface area contributed by atoms with Crippen LogP contribution in [0.2, 0.25) is 0 Å². The number of carbonyl (C=O) groups is 2. The molecule has 2 aromatic heterocycles. The first-order chi connectivity index (χ1) is 11.1. The number of hydrogen-bond acceptors (Lipinski definition) is 3. The summed E-state index contributed by atoms with van der Waals surface area (Å²) in [7, 11) is 0. The van der Waals surface area contributed by atoms with Crippen LogP contribution in [0.25, 0.3) is 10.9 Å². The van der Waals surface area contributed by atoms with Gasteiger partial charge in [0.2, 0.25) is 0 Å². The van der Waals surface area contributed by atoms with Gasteiger partial charge in [-0.15, -0.1) is 0 Å². The number of pyridine rings is 1. The smallest absolute Gasteiger partial charge is 0.326 e. The number of nitrogens with one attached hydrogen (secondary N) is 2. The van der Waals surface area contributed by atoms with Crippen LogP contribution in [0.4, 0.5) is 0 Å². The zero-order valence-corrected chi connectivity index (χ0v) is 12.2. The van der Waals surface area contributed by atoms with Gasteiger partial charge < -0.3 is 15.4 Å². The minimum absolute atomic E-state index is 0.200. The van der Waals surface area contributed by atoms with E-state index < -0.39 is 17.9 Å². The molecule has 0 aliphatic heterocycles. The van der Waals surface area contributed by atoms with Crippen molar-refractivity contribution in [2.75, 3.05) is 0 Å². The van der Waals surface area contributed by atoms with Crippen LogP contribution < -0.4 is 5.32 Å². The van der Waals surface area contributed by atoms with Crippen LogP contribution >= 0.6 is 0 Å². The van der Waals surface area contributed by atoms with Crippen LogP contribution in [0, 0.1) is 0 Å². The molecular weight excluding hydrogens is 294 g/mol. The van der Waals surface area contributed by atoms with E-state index in [-0.39, 0.29) is 6.42 Å². The summed E-state index contributed by atoms with van der Waals surface area (Å²) >= 11 is 0. The van der Waals surface area contributed by atoms with Crippen molar-refractivity contribution in [3.8, 4) is 0 Å². The number of hydrogen-bond donors (Lipinski definition) is 3. The molecule has 1 aromatic carbocycles. The number of aliphatic carboxylic acids is 1. The van der Waals surface area contributed by atoms with Crippen molar-refractivity contribution in [1.82, 2.24) is 15.3 Å². The maximum Gasteiger partial charge on any atom is 0.326 e. The molecule has 0 aliphatic carbocycles. The van der Waals surface area contributed by atoms with Crippen molar-refractivity contribution in [1.29, 1.82) is 0 Å². The molecule has 3 N–H and O–H groups in total. The first-order valence-corrected chi connectivity index (χ1v) is 7.14. The minimum Gasteiger partial charge on any atom is -0.480 e. The number of carboxylic acid groups (broad SMARTS) is 1. The normalized spacial score (nSPS) is 12.0. The quantitative estimate of drug-likeness (QED) is 0.671. The zero-order chi connectivity index (χ0) is 16.2. The number of para-hydroxylation sites is 1. The summed E-state index contributed by atoms with van der Waals surface area (Å²) in [5.41, 5.74) is 2.11. The minimum atomic E-state index is -1.08. The average Bonchev–Trinajstić information content (AvgIpc) is 2.98. The van der Waals surface area contributed by atoms with Crippen molar-refractivity contribution in [2.45, 2.75) is 12.5 Å². The van der Waals surface area contributed by atoms with Crippen LogP contribution in [0.1, 0.15) is 15.9 Å². The van der Waals surface area contributed by atoms with E-state index in [4.69, 9.17) is 0 Å². The highest BCUT2D eigenvalue weighted by molar-refractivity contribution is 5.96. The Morgan fingerprint density at radius 2 is 2.04 bits per heavy atom. The Hall–Kier alpha value is -3.15. The fourth-order valence-electron chi connectivity index (χ4n) is 2.46. The number of carboxylic acids is 1. The molecule has 0 aliphatic rings. The first-order valence-electron chi connectivity index (χ1n) is 7.14. The van der Waals surface area contributed by atoms with Crippen LogP contribution in [-0.4, -0.2) is 33.0 Å². The molecule has 0 saturated heterocycles. The Morgan fingerprint density at radius 1 is 1.22 bits per heavy atom. The fraction of sp³-hybridized carbons (Fsp3) is 0.118. The maximum absolute atomic E-state index is 12.1. The SMILES string of the molecule is O=C(N[C@H](Cc1c[nH]c2ccccc12)C(=O)O)c1cccnc1. The van der Waals surface area contributed by atoms with E-state index in [1.807, 2.05) is 24.3 Å². The Morgan fingerprint density at radius 3 is 2.78 bits per heavy atom. The molecule has 2 heterocycles. The van der Waals surface area contributed by atoms with E-state index in [2.05, 4.69) is 15.3 Å². The van der Waals surface area contributed by atoms with Crippen molar-refractivity contribution in [3.63, 3.8) is 0 Å². The highest BCUT2D eigenvalue weighted by Gasteiger charge is 2.22. The van der Waals surface area contributed by atoms with Gasteiger partial charge in [0.05, 0.1) is 5.56 Å². The molecule has 3 aromatic rings. The molecule has 0 bridgehead atoms. The van der Waals surface area contributed by atoms with Gasteiger partial charge in [0, 0.05) is 35.9 Å². The van der Waals surface area contributed by atoms with Crippen LogP contribution in [0.5, 0.6) is 0 Å². The Balaban J connectivity index is 1.80. The lowest BCUT2D eigenvalue weighted by Gasteiger charge is -2.14. The number of nitrogens with zero attached hydrogens (tertiary/aromatic N) is 1. The van der Waals surface area contributed by atoms with Gasteiger partial charge >= 0.3 is 5.97 Å². The first kappa shape index (κ1) is 14.8. The van der Waals surface area contributed by atoms with Crippen molar-refractivity contribution < 1.29 is 14.7 Å². The maximum atomic E-state index is 12.1. The monoisotopic (exact) mass is 309 g/mol. The predicted octanol–water partition coefficient (Wildman–Crippen LogP) is 1.99. The zero-order valence-electron chi connectivity index (χ0n) is 12.2. The number of H-pyrrole nitrogens is 1. The summed E-state index contributed by atoms with van der Waals surface area (Å²) in [4.78, 5) is 30.6. The Kier molecular flexibility index (Phi) is 4.05. The van der Waals surface area contributed by atoms with Crippen LogP contribution in [-0.2, 0) is 11.2 Å². The van der Waals surface area contributed by atoms with Crippen LogP contribution in [0.3, 0.4) is 0 Å². The van der Waals surface area contributed by atoms with Crippen molar-refractivity contribution in [2.24, 2.45) is 0 Å². The lowest BCUT2D eigenvalue weighted by atomic mass is 10.0. The standard InChI is InChI=1S/C17H15N3O3/c21-16(11-4-3-7-18-9-11)20-15(17(22)23)8-12-10-19-14-6-2-1-5-13(12)14/h1-7,9-10,15,19H,8H2,(H,20,21)(H,22,23)/t15-/m1/s1. The molecule has 116 valence electrons. The highest BCUT2D eigenvalue weighted by atomic mass is 16.4. The van der Waals surface area contributed by atoms with E-state index in [1.54, 1.807) is 24.5 Å². The number of aromatic nitrogens is 2. The fourth-order valence-corrected chi connectivity index (χ4v) is 2.46. The third kappa shape index (κ3) is 3.21. The third-order valence-corrected chi connectivity index (χ3v) is 3.63. The van der Waals surface area contributed by atoms with Crippen LogP contribution in [0.15, 0.2) is 55.0 Å². The molecule has 1 atom stereocenters. The number of carbonyl (C=O) groups excluding carboxylic acids is 1.